The maximum Gasteiger partial charge on any atom is 0.0964 e. The van der Waals surface area contributed by atoms with Crippen molar-refractivity contribution in [3.05, 3.63) is 194 Å². The number of aromatic nitrogens is 4. The van der Waals surface area contributed by atoms with Crippen molar-refractivity contribution in [1.29, 1.82) is 10.8 Å². The number of nitrogens with two attached hydrogens (primary N) is 1. The number of nitrogens with zero attached hydrogens (tertiary/aromatic N) is 4. The summed E-state index contributed by atoms with van der Waals surface area (Å²) in [7, 11) is 4.61. The number of rotatable bonds is 2. The minimum absolute atomic E-state index is 0. The van der Waals surface area contributed by atoms with Crippen LogP contribution in [0.1, 0.15) is 29.4 Å². The van der Waals surface area contributed by atoms with E-state index in [1.54, 1.807) is 62.6 Å². The number of fused-ring (bicyclic) bond motifs is 8. The molecule has 1 aliphatic rings. The van der Waals surface area contributed by atoms with Gasteiger partial charge in [0.1, 0.15) is 5.60 Å². The van der Waals surface area contributed by atoms with Crippen molar-refractivity contribution in [2.45, 2.75) is 12.5 Å². The normalized spacial score (nSPS) is 11.2. The Labute approximate surface area is 324 Å². The van der Waals surface area contributed by atoms with E-state index >= 15 is 0 Å². The summed E-state index contributed by atoms with van der Waals surface area (Å²) in [6, 6.07) is 43.1. The Bertz CT molecular complexity index is 2380. The molecular weight excluding hydrogens is 861 g/mol. The second-order valence-corrected chi connectivity index (χ2v) is 11.7. The number of benzene rings is 4. The molecule has 4 aromatic heterocycles. The van der Waals surface area contributed by atoms with Gasteiger partial charge in [-0.1, -0.05) is 97.1 Å². The molecule has 8 nitrogen and oxygen atoms in total. The average Bonchev–Trinajstić information content (AvgIpc) is 3.21. The van der Waals surface area contributed by atoms with Gasteiger partial charge in [-0.15, -0.1) is 0 Å². The van der Waals surface area contributed by atoms with Gasteiger partial charge in [-0.25, -0.2) is 0 Å². The molecule has 1 aliphatic carbocycles. The number of nitrogens with one attached hydrogen (secondary N) is 2. The van der Waals surface area contributed by atoms with E-state index in [4.69, 9.17) is 10.8 Å². The first-order valence-electron chi connectivity index (χ1n) is 16.0. The Kier molecular flexibility index (Phi) is 13.9. The Morgan fingerprint density at radius 3 is 1.51 bits per heavy atom. The van der Waals surface area contributed by atoms with Gasteiger partial charge in [0.05, 0.1) is 33.8 Å². The predicted octanol–water partition coefficient (Wildman–Crippen LogP) is 10.6. The average molecular weight is 898 g/mol. The number of halogens is 1. The van der Waals surface area contributed by atoms with E-state index in [-0.39, 0.29) is 13.6 Å². The first-order valence-corrected chi connectivity index (χ1v) is 18.8. The van der Waals surface area contributed by atoms with Crippen LogP contribution in [-0.2, 0) is 24.4 Å². The molecule has 0 aliphatic heterocycles. The third-order valence-corrected chi connectivity index (χ3v) is 8.59. The molecule has 269 valence electrons. The first-order chi connectivity index (χ1) is 24.9. The van der Waals surface area contributed by atoms with Gasteiger partial charge in [0, 0.05) is 46.7 Å². The fourth-order valence-corrected chi connectivity index (χ4v) is 6.07. The molecule has 0 radical (unpaired) electrons. The van der Waals surface area contributed by atoms with Crippen LogP contribution in [0.4, 0.5) is 0 Å². The monoisotopic (exact) mass is 897 g/mol. The second kappa shape index (κ2) is 18.3. The molecule has 0 saturated carbocycles. The van der Waals surface area contributed by atoms with Gasteiger partial charge in [-0.05, 0) is 65.2 Å². The molecule has 4 heterocycles. The standard InChI is InChI=1S/C18H12N2.C12H12N2O.C12H8N2.CH3.ClH.H2N.Pt/c19-17-15-8-4-3-7-13(15)14-10-9-11-5-1-2-6-12(11)16(14)18(17)20;1-12(15,10-6-2-4-8-13-10)11-7-3-5-9-14-11;1-3-9-5-6-10-4-2-8-14-12(10)11(9)13-7-1;;;;/h1-10,19-20H;2-9,15H,1H3;1-8H;1H3;1H;1H2;/q;;;-1;;-1;+1/p-1. The summed E-state index contributed by atoms with van der Waals surface area (Å²) in [6.07, 6.45) is 6.92. The molecule has 0 saturated heterocycles. The van der Waals surface area contributed by atoms with Crippen LogP contribution < -0.4 is 0 Å². The summed E-state index contributed by atoms with van der Waals surface area (Å²) in [4.78, 5) is 17.0. The van der Waals surface area contributed by atoms with Crippen LogP contribution in [0.2, 0.25) is 0 Å². The molecule has 53 heavy (non-hydrogen) atoms. The SMILES string of the molecule is CC(O)(c1ccccn1)c1ccccn1.N=C1C(=N)c2c(ccc3ccccc23)-c2ccccc21.[CH3-].[Cl][Pt].[NH2-].c1cnc2c(c1)ccc1cccnc12. The molecule has 0 amide bonds. The fourth-order valence-electron chi connectivity index (χ4n) is 6.07. The van der Waals surface area contributed by atoms with Crippen molar-refractivity contribution in [3.8, 4) is 11.1 Å². The zero-order chi connectivity index (χ0) is 35.8. The number of pyridine rings is 4. The van der Waals surface area contributed by atoms with Crippen LogP contribution in [0, 0.1) is 18.2 Å². The van der Waals surface area contributed by atoms with E-state index in [0.29, 0.717) is 22.8 Å². The van der Waals surface area contributed by atoms with Gasteiger partial charge < -0.3 is 18.7 Å². The van der Waals surface area contributed by atoms with Crippen LogP contribution in [0.15, 0.2) is 158 Å². The summed E-state index contributed by atoms with van der Waals surface area (Å²) in [5.41, 5.74) is 6.48. The van der Waals surface area contributed by atoms with Gasteiger partial charge in [0.2, 0.25) is 0 Å². The number of hydrogen-bond donors (Lipinski definition) is 3. The molecule has 8 aromatic rings. The second-order valence-electron chi connectivity index (χ2n) is 11.7. The molecule has 4 aromatic carbocycles. The van der Waals surface area contributed by atoms with Crippen molar-refractivity contribution in [1.82, 2.24) is 19.9 Å². The topological polar surface area (TPSA) is 153 Å². The molecule has 0 fully saturated rings. The maximum absolute atomic E-state index is 10.3. The zero-order valence-corrected chi connectivity index (χ0v) is 32.0. The van der Waals surface area contributed by atoms with Crippen LogP contribution in [0.5, 0.6) is 0 Å². The Balaban J connectivity index is 0.000000173. The minimum atomic E-state index is -1.14. The molecule has 0 bridgehead atoms. The molecule has 9 rings (SSSR count). The van der Waals surface area contributed by atoms with Crippen molar-refractivity contribution < 1.29 is 23.9 Å². The van der Waals surface area contributed by atoms with E-state index in [1.165, 1.54) is 0 Å². The van der Waals surface area contributed by atoms with Crippen LogP contribution in [0.3, 0.4) is 0 Å². The molecule has 0 spiro atoms. The van der Waals surface area contributed by atoms with E-state index in [0.717, 1.165) is 54.8 Å². The third-order valence-electron chi connectivity index (χ3n) is 8.59. The third kappa shape index (κ3) is 8.43. The van der Waals surface area contributed by atoms with Gasteiger partial charge in [0.15, 0.2) is 0 Å². The van der Waals surface area contributed by atoms with Crippen molar-refractivity contribution in [3.63, 3.8) is 0 Å². The van der Waals surface area contributed by atoms with Crippen molar-refractivity contribution >= 4 is 53.4 Å². The van der Waals surface area contributed by atoms with Crippen molar-refractivity contribution in [2.24, 2.45) is 0 Å². The molecule has 5 N–H and O–H groups in total. The summed E-state index contributed by atoms with van der Waals surface area (Å²) in [6.45, 7) is 1.69. The predicted molar refractivity (Wildman–Crippen MR) is 215 cm³/mol. The van der Waals surface area contributed by atoms with Crippen LogP contribution in [-0.4, -0.2) is 36.5 Å². The molecule has 10 heteroatoms. The van der Waals surface area contributed by atoms with E-state index in [1.807, 2.05) is 84.9 Å². The smallest absolute Gasteiger partial charge is 0.0964 e. The Morgan fingerprint density at radius 2 is 0.962 bits per heavy atom. The summed E-state index contributed by atoms with van der Waals surface area (Å²) in [5.74, 6) is 0. The van der Waals surface area contributed by atoms with Crippen LogP contribution in [0.25, 0.3) is 49.9 Å². The van der Waals surface area contributed by atoms with Gasteiger partial charge >= 0.3 is 28.2 Å². The summed E-state index contributed by atoms with van der Waals surface area (Å²) < 4.78 is 0. The molecule has 0 atom stereocenters. The summed E-state index contributed by atoms with van der Waals surface area (Å²) >= 11 is 1.61. The minimum Gasteiger partial charge on any atom is -0.693 e. The first kappa shape index (κ1) is 40.3. The van der Waals surface area contributed by atoms with E-state index < -0.39 is 5.60 Å². The molecular formula is C43H37ClN7OPt-2. The number of aliphatic hydroxyl groups is 1. The number of hydrogen-bond acceptors (Lipinski definition) is 7. The van der Waals surface area contributed by atoms with Gasteiger partial charge in [-0.2, -0.15) is 0 Å². The zero-order valence-electron chi connectivity index (χ0n) is 29.0. The largest absolute Gasteiger partial charge is 0.693 e. The molecule has 0 unspecified atom stereocenters. The maximum atomic E-state index is 10.3. The quantitative estimate of drug-likeness (QED) is 0.116. The van der Waals surface area contributed by atoms with Gasteiger partial charge in [0.25, 0.3) is 0 Å². The van der Waals surface area contributed by atoms with Gasteiger partial charge in [-0.3, -0.25) is 30.8 Å². The van der Waals surface area contributed by atoms with E-state index in [9.17, 15) is 5.11 Å². The summed E-state index contributed by atoms with van der Waals surface area (Å²) in [5, 5.41) is 31.4. The Morgan fingerprint density at radius 1 is 0.509 bits per heavy atom. The fraction of sp³-hybridized carbons (Fsp3) is 0.0465. The van der Waals surface area contributed by atoms with E-state index in [2.05, 4.69) is 65.8 Å². The van der Waals surface area contributed by atoms with Crippen molar-refractivity contribution in [2.75, 3.05) is 0 Å². The van der Waals surface area contributed by atoms with Crippen LogP contribution >= 0.6 is 9.42 Å². The Hall–Kier alpha value is -5.50.